The summed E-state index contributed by atoms with van der Waals surface area (Å²) in [6.07, 6.45) is 0.0785. The van der Waals surface area contributed by atoms with Gasteiger partial charge >= 0.3 is 7.82 Å². The molecular formula is C15H13ClNO6P. The van der Waals surface area contributed by atoms with Crippen molar-refractivity contribution in [2.24, 2.45) is 0 Å². The second-order valence-corrected chi connectivity index (χ2v) is 7.04. The Morgan fingerprint density at radius 2 is 1.83 bits per heavy atom. The lowest BCUT2D eigenvalue weighted by molar-refractivity contribution is -0.384. The molecule has 24 heavy (non-hydrogen) atoms. The van der Waals surface area contributed by atoms with Crippen molar-refractivity contribution >= 4 is 25.1 Å². The first-order valence-electron chi connectivity index (χ1n) is 7.08. The lowest BCUT2D eigenvalue weighted by Gasteiger charge is -2.29. The minimum absolute atomic E-state index is 0.0925. The first-order valence-corrected chi connectivity index (χ1v) is 8.91. The van der Waals surface area contributed by atoms with Gasteiger partial charge in [0, 0.05) is 23.6 Å². The zero-order chi connectivity index (χ0) is 17.2. The number of nitrogens with zero attached hydrogens (tertiary/aromatic N) is 1. The summed E-state index contributed by atoms with van der Waals surface area (Å²) in [6.45, 7) is 0.206. The van der Waals surface area contributed by atoms with Crippen molar-refractivity contribution in [1.29, 1.82) is 0 Å². The summed E-state index contributed by atoms with van der Waals surface area (Å²) in [4.78, 5) is 10.1. The molecule has 0 spiro atoms. The number of nitro benzene ring substituents is 1. The smallest absolute Gasteiger partial charge is 0.404 e. The highest BCUT2D eigenvalue weighted by Crippen LogP contribution is 2.56. The van der Waals surface area contributed by atoms with Gasteiger partial charge in [0.15, 0.2) is 0 Å². The van der Waals surface area contributed by atoms with Crippen molar-refractivity contribution in [2.75, 3.05) is 6.61 Å². The third kappa shape index (κ3) is 3.94. The molecule has 7 nitrogen and oxygen atoms in total. The number of benzene rings is 2. The van der Waals surface area contributed by atoms with Crippen LogP contribution < -0.4 is 4.52 Å². The van der Waals surface area contributed by atoms with Crippen molar-refractivity contribution in [1.82, 2.24) is 0 Å². The van der Waals surface area contributed by atoms with Crippen LogP contribution in [0.1, 0.15) is 18.1 Å². The standard InChI is InChI=1S/C15H13ClNO6P/c16-12-3-1-11(2-4-12)15-9-10-21-24(20,23-15)22-14-7-5-13(6-8-14)17(18)19/h1-8,15H,9-10H2/t15-,24?/m0/s1. The zero-order valence-corrected chi connectivity index (χ0v) is 14.0. The van der Waals surface area contributed by atoms with Crippen molar-refractivity contribution in [3.63, 3.8) is 0 Å². The fraction of sp³-hybridized carbons (Fsp3) is 0.200. The lowest BCUT2D eigenvalue weighted by Crippen LogP contribution is -2.16. The minimum Gasteiger partial charge on any atom is -0.404 e. The Bertz CT molecular complexity index is 780. The monoisotopic (exact) mass is 369 g/mol. The van der Waals surface area contributed by atoms with Gasteiger partial charge in [0.1, 0.15) is 5.75 Å². The van der Waals surface area contributed by atoms with E-state index in [-0.39, 0.29) is 18.0 Å². The van der Waals surface area contributed by atoms with Gasteiger partial charge in [-0.25, -0.2) is 4.57 Å². The molecule has 3 rings (SSSR count). The normalized spacial score (nSPS) is 23.6. The highest BCUT2D eigenvalue weighted by atomic mass is 35.5. The van der Waals surface area contributed by atoms with Gasteiger partial charge in [-0.2, -0.15) is 0 Å². The van der Waals surface area contributed by atoms with Crippen LogP contribution >= 0.6 is 19.4 Å². The summed E-state index contributed by atoms with van der Waals surface area (Å²) in [7, 11) is -3.81. The second kappa shape index (κ2) is 6.91. The number of hydrogen-bond acceptors (Lipinski definition) is 6. The molecule has 0 N–H and O–H groups in total. The molecule has 1 unspecified atom stereocenters. The van der Waals surface area contributed by atoms with Crippen LogP contribution in [0.4, 0.5) is 5.69 Å². The van der Waals surface area contributed by atoms with Crippen molar-refractivity contribution in [2.45, 2.75) is 12.5 Å². The average Bonchev–Trinajstić information content (AvgIpc) is 2.55. The van der Waals surface area contributed by atoms with Gasteiger partial charge in [-0.3, -0.25) is 19.2 Å². The molecule has 0 aliphatic carbocycles. The molecule has 0 amide bonds. The van der Waals surface area contributed by atoms with Gasteiger partial charge in [-0.1, -0.05) is 23.7 Å². The van der Waals surface area contributed by atoms with Crippen LogP contribution in [0.15, 0.2) is 48.5 Å². The van der Waals surface area contributed by atoms with Gasteiger partial charge in [0.05, 0.1) is 17.6 Å². The SMILES string of the molecule is O=[N+]([O-])c1ccc(OP2(=O)OCC[C@@H](c3ccc(Cl)cc3)O2)cc1. The van der Waals surface area contributed by atoms with Gasteiger partial charge in [0.25, 0.3) is 5.69 Å². The third-order valence-electron chi connectivity index (χ3n) is 3.39. The van der Waals surface area contributed by atoms with E-state index in [1.807, 2.05) is 0 Å². The zero-order valence-electron chi connectivity index (χ0n) is 12.3. The molecule has 0 aromatic heterocycles. The molecule has 126 valence electrons. The van der Waals surface area contributed by atoms with Crippen LogP contribution in [0, 0.1) is 10.1 Å². The van der Waals surface area contributed by atoms with Crippen LogP contribution in [0.3, 0.4) is 0 Å². The molecule has 2 atom stereocenters. The van der Waals surface area contributed by atoms with Gasteiger partial charge in [-0.15, -0.1) is 0 Å². The summed E-state index contributed by atoms with van der Waals surface area (Å²) in [6, 6.07) is 12.2. The largest absolute Gasteiger partial charge is 0.530 e. The Morgan fingerprint density at radius 3 is 2.46 bits per heavy atom. The number of non-ortho nitro benzene ring substituents is 1. The van der Waals surface area contributed by atoms with Crippen LogP contribution in [0.5, 0.6) is 5.75 Å². The van der Waals surface area contributed by atoms with E-state index in [4.69, 9.17) is 25.2 Å². The lowest BCUT2D eigenvalue weighted by atomic mass is 10.1. The Hall–Kier alpha value is -1.92. The summed E-state index contributed by atoms with van der Waals surface area (Å²) in [5, 5.41) is 11.2. The summed E-state index contributed by atoms with van der Waals surface area (Å²) >= 11 is 5.86. The maximum atomic E-state index is 12.6. The van der Waals surface area contributed by atoms with Gasteiger partial charge in [0.2, 0.25) is 0 Å². The van der Waals surface area contributed by atoms with E-state index in [0.717, 1.165) is 5.56 Å². The number of phosphoric acid groups is 1. The summed E-state index contributed by atoms with van der Waals surface area (Å²) < 4.78 is 28.7. The molecule has 1 aliphatic heterocycles. The molecule has 1 heterocycles. The average molecular weight is 370 g/mol. The van der Waals surface area contributed by atoms with E-state index >= 15 is 0 Å². The van der Waals surface area contributed by atoms with E-state index in [2.05, 4.69) is 0 Å². The number of rotatable bonds is 4. The van der Waals surface area contributed by atoms with Gasteiger partial charge < -0.3 is 4.52 Å². The Kier molecular flexibility index (Phi) is 4.87. The van der Waals surface area contributed by atoms with Crippen molar-refractivity contribution in [3.05, 3.63) is 69.2 Å². The quantitative estimate of drug-likeness (QED) is 0.432. The van der Waals surface area contributed by atoms with E-state index in [9.17, 15) is 14.7 Å². The Labute approximate surface area is 142 Å². The molecule has 2 aromatic carbocycles. The van der Waals surface area contributed by atoms with Crippen LogP contribution in [0.2, 0.25) is 5.02 Å². The topological polar surface area (TPSA) is 87.9 Å². The molecule has 1 aliphatic rings. The highest BCUT2D eigenvalue weighted by molar-refractivity contribution is 7.49. The number of phosphoric ester groups is 1. The van der Waals surface area contributed by atoms with Crippen molar-refractivity contribution < 1.29 is 23.1 Å². The predicted octanol–water partition coefficient (Wildman–Crippen LogP) is 4.91. The fourth-order valence-electron chi connectivity index (χ4n) is 2.22. The number of halogens is 1. The molecular weight excluding hydrogens is 357 g/mol. The Morgan fingerprint density at radius 1 is 1.17 bits per heavy atom. The van der Waals surface area contributed by atoms with E-state index < -0.39 is 18.8 Å². The summed E-state index contributed by atoms with van der Waals surface area (Å²) in [5.74, 6) is 0.167. The molecule has 1 fully saturated rings. The van der Waals surface area contributed by atoms with Crippen LogP contribution in [-0.2, 0) is 13.6 Å². The second-order valence-electron chi connectivity index (χ2n) is 5.06. The molecule has 0 bridgehead atoms. The van der Waals surface area contributed by atoms with Gasteiger partial charge in [-0.05, 0) is 29.8 Å². The number of hydrogen-bond donors (Lipinski definition) is 0. The van der Waals surface area contributed by atoms with E-state index in [1.54, 1.807) is 24.3 Å². The first-order chi connectivity index (χ1) is 11.5. The molecule has 0 radical (unpaired) electrons. The molecule has 9 heteroatoms. The third-order valence-corrected chi connectivity index (χ3v) is 5.09. The maximum absolute atomic E-state index is 12.6. The van der Waals surface area contributed by atoms with Crippen LogP contribution in [-0.4, -0.2) is 11.5 Å². The predicted molar refractivity (Wildman–Crippen MR) is 87.2 cm³/mol. The molecule has 1 saturated heterocycles. The maximum Gasteiger partial charge on any atom is 0.530 e. The first kappa shape index (κ1) is 16.9. The molecule has 2 aromatic rings. The number of nitro groups is 1. The Balaban J connectivity index is 1.73. The molecule has 0 saturated carbocycles. The minimum atomic E-state index is -3.81. The highest BCUT2D eigenvalue weighted by Gasteiger charge is 2.37. The summed E-state index contributed by atoms with van der Waals surface area (Å²) in [5.41, 5.74) is 0.723. The fourth-order valence-corrected chi connectivity index (χ4v) is 3.75. The van der Waals surface area contributed by atoms with Crippen molar-refractivity contribution in [3.8, 4) is 5.75 Å². The van der Waals surface area contributed by atoms with E-state index in [0.29, 0.717) is 11.4 Å². The van der Waals surface area contributed by atoms with Crippen LogP contribution in [0.25, 0.3) is 0 Å². The van der Waals surface area contributed by atoms with E-state index in [1.165, 1.54) is 24.3 Å².